The Balaban J connectivity index is 0. The molecule has 1 rings (SSSR count). The second-order valence-electron chi connectivity index (χ2n) is 2.26. The maximum absolute atomic E-state index is 12.3. The first-order chi connectivity index (χ1) is 5.93. The van der Waals surface area contributed by atoms with Crippen molar-refractivity contribution >= 4 is 5.97 Å². The number of hydrogen-bond donors (Lipinski definition) is 1. The first kappa shape index (κ1) is 15.4. The van der Waals surface area contributed by atoms with Crippen LogP contribution in [0.25, 0.3) is 0 Å². The molecule has 1 aromatic heterocycles. The number of pyridine rings is 1. The molecule has 14 heavy (non-hydrogen) atoms. The molecule has 72 valence electrons. The van der Waals surface area contributed by atoms with Crippen LogP contribution >= 0.6 is 0 Å². The Kier molecular flexibility index (Phi) is 8.11. The largest absolute Gasteiger partial charge is 1.00 e. The van der Waals surface area contributed by atoms with Gasteiger partial charge in [-0.2, -0.15) is 0 Å². The third-order valence-electron chi connectivity index (χ3n) is 1.00. The average Bonchev–Trinajstić information content (AvgIpc) is 1.96. The van der Waals surface area contributed by atoms with Crippen molar-refractivity contribution in [1.82, 2.24) is 4.98 Å². The van der Waals surface area contributed by atoms with Crippen LogP contribution in [0.5, 0.6) is 5.75 Å². The number of halogens is 1. The van der Waals surface area contributed by atoms with Gasteiger partial charge < -0.3 is 10.2 Å². The van der Waals surface area contributed by atoms with E-state index in [2.05, 4.69) is 4.98 Å². The SMILES string of the molecule is CC(=O)O.Cc1ncc([O-])cc1F.[Li+]. The van der Waals surface area contributed by atoms with Crippen LogP contribution in [-0.4, -0.2) is 16.1 Å². The maximum atomic E-state index is 12.3. The molecule has 1 N–H and O–H groups in total. The fourth-order valence-electron chi connectivity index (χ4n) is 0.489. The third kappa shape index (κ3) is 7.59. The molecule has 0 aliphatic rings. The normalized spacial score (nSPS) is 7.93. The number of hydrogen-bond acceptors (Lipinski definition) is 3. The van der Waals surface area contributed by atoms with Crippen molar-refractivity contribution in [3.05, 3.63) is 23.8 Å². The van der Waals surface area contributed by atoms with Crippen LogP contribution in [0.3, 0.4) is 0 Å². The molecule has 0 spiro atoms. The van der Waals surface area contributed by atoms with E-state index in [9.17, 15) is 9.50 Å². The summed E-state index contributed by atoms with van der Waals surface area (Å²) in [7, 11) is 0. The predicted molar refractivity (Wildman–Crippen MR) is 41.7 cm³/mol. The number of nitrogens with zero attached hydrogens (tertiary/aromatic N) is 1. The van der Waals surface area contributed by atoms with Gasteiger partial charge in [-0.15, -0.1) is 0 Å². The molecule has 0 aromatic carbocycles. The van der Waals surface area contributed by atoms with Crippen LogP contribution in [0.1, 0.15) is 12.6 Å². The molecule has 0 radical (unpaired) electrons. The van der Waals surface area contributed by atoms with Crippen LogP contribution in [0, 0.1) is 12.7 Å². The average molecular weight is 193 g/mol. The van der Waals surface area contributed by atoms with Crippen molar-refractivity contribution in [2.24, 2.45) is 0 Å². The molecule has 1 aromatic rings. The number of carboxylic acid groups (broad SMARTS) is 1. The van der Waals surface area contributed by atoms with E-state index in [1.165, 1.54) is 6.92 Å². The maximum Gasteiger partial charge on any atom is 1.00 e. The van der Waals surface area contributed by atoms with Gasteiger partial charge in [0.15, 0.2) is 0 Å². The Bertz CT molecular complexity index is 303. The summed E-state index contributed by atoms with van der Waals surface area (Å²) in [6, 6.07) is 0.919. The van der Waals surface area contributed by atoms with E-state index in [1.54, 1.807) is 0 Å². The van der Waals surface area contributed by atoms with E-state index in [0.717, 1.165) is 19.2 Å². The van der Waals surface area contributed by atoms with Gasteiger partial charge in [0.2, 0.25) is 0 Å². The van der Waals surface area contributed by atoms with E-state index >= 15 is 0 Å². The number of aliphatic carboxylic acids is 1. The van der Waals surface area contributed by atoms with E-state index in [4.69, 9.17) is 9.90 Å². The first-order valence-corrected chi connectivity index (χ1v) is 3.42. The molecule has 0 bridgehead atoms. The number of carboxylic acids is 1. The Hall–Kier alpha value is -1.05. The zero-order valence-corrected chi connectivity index (χ0v) is 8.24. The molecule has 0 atom stereocenters. The van der Waals surface area contributed by atoms with E-state index in [-0.39, 0.29) is 24.6 Å². The van der Waals surface area contributed by atoms with Crippen molar-refractivity contribution in [3.8, 4) is 5.75 Å². The summed E-state index contributed by atoms with van der Waals surface area (Å²) >= 11 is 0. The molecule has 6 heteroatoms. The third-order valence-corrected chi connectivity index (χ3v) is 1.00. The van der Waals surface area contributed by atoms with Gasteiger partial charge in [0.05, 0.1) is 5.69 Å². The number of rotatable bonds is 0. The standard InChI is InChI=1S/C6H6FNO.C2H4O2.Li/c1-4-6(7)2-5(9)3-8-4;1-2(3)4;/h2-3,9H,1H3;1H3,(H,3,4);/q;;+1/p-1. The minimum Gasteiger partial charge on any atom is -0.871 e. The number of aryl methyl sites for hydroxylation is 1. The quantitative estimate of drug-likeness (QED) is 0.470. The Morgan fingerprint density at radius 2 is 2.07 bits per heavy atom. The number of aromatic nitrogens is 1. The Morgan fingerprint density at radius 1 is 1.64 bits per heavy atom. The van der Waals surface area contributed by atoms with Crippen LogP contribution in [-0.2, 0) is 4.79 Å². The summed E-state index contributed by atoms with van der Waals surface area (Å²) in [5, 5.41) is 17.8. The van der Waals surface area contributed by atoms with Gasteiger partial charge in [0.1, 0.15) is 5.82 Å². The molecule has 1 heterocycles. The fraction of sp³-hybridized carbons (Fsp3) is 0.250. The molecule has 0 aliphatic carbocycles. The van der Waals surface area contributed by atoms with Gasteiger partial charge in [0.25, 0.3) is 5.97 Å². The molecule has 0 saturated carbocycles. The summed E-state index contributed by atoms with van der Waals surface area (Å²) < 4.78 is 12.3. The first-order valence-electron chi connectivity index (χ1n) is 3.42. The van der Waals surface area contributed by atoms with Crippen LogP contribution in [0.2, 0.25) is 0 Å². The molecular weight excluding hydrogens is 184 g/mol. The van der Waals surface area contributed by atoms with Crippen molar-refractivity contribution in [1.29, 1.82) is 0 Å². The summed E-state index contributed by atoms with van der Waals surface area (Å²) in [5.74, 6) is -1.76. The van der Waals surface area contributed by atoms with Crippen LogP contribution < -0.4 is 24.0 Å². The van der Waals surface area contributed by atoms with Crippen molar-refractivity contribution < 1.29 is 38.3 Å². The zero-order chi connectivity index (χ0) is 10.4. The zero-order valence-electron chi connectivity index (χ0n) is 8.24. The number of carbonyl (C=O) groups is 1. The molecule has 4 nitrogen and oxygen atoms in total. The van der Waals surface area contributed by atoms with Gasteiger partial charge in [0, 0.05) is 13.1 Å². The van der Waals surface area contributed by atoms with Crippen molar-refractivity contribution in [2.45, 2.75) is 13.8 Å². The minimum atomic E-state index is -0.833. The Morgan fingerprint density at radius 3 is 2.36 bits per heavy atom. The van der Waals surface area contributed by atoms with Crippen LogP contribution in [0.15, 0.2) is 12.3 Å². The Labute approximate surface area is 93.0 Å². The molecule has 0 unspecified atom stereocenters. The molecule has 0 fully saturated rings. The topological polar surface area (TPSA) is 73.2 Å². The summed E-state index contributed by atoms with van der Waals surface area (Å²) in [6.45, 7) is 2.59. The van der Waals surface area contributed by atoms with Gasteiger partial charge in [-0.3, -0.25) is 9.78 Å². The molecular formula is C8H9FLiNO3. The summed E-state index contributed by atoms with van der Waals surface area (Å²) in [6.07, 6.45) is 1.10. The summed E-state index contributed by atoms with van der Waals surface area (Å²) in [5.41, 5.74) is 0.259. The summed E-state index contributed by atoms with van der Waals surface area (Å²) in [4.78, 5) is 12.5. The smallest absolute Gasteiger partial charge is 0.871 e. The molecule has 0 saturated heterocycles. The van der Waals surface area contributed by atoms with Gasteiger partial charge in [-0.1, -0.05) is 5.75 Å². The van der Waals surface area contributed by atoms with Crippen LogP contribution in [0.4, 0.5) is 4.39 Å². The van der Waals surface area contributed by atoms with Gasteiger partial charge in [-0.05, 0) is 13.0 Å². The van der Waals surface area contributed by atoms with Gasteiger partial charge in [-0.25, -0.2) is 4.39 Å². The molecule has 0 aliphatic heterocycles. The van der Waals surface area contributed by atoms with E-state index < -0.39 is 17.5 Å². The molecule has 0 amide bonds. The van der Waals surface area contributed by atoms with E-state index in [0.29, 0.717) is 0 Å². The second kappa shape index (κ2) is 7.36. The monoisotopic (exact) mass is 193 g/mol. The van der Waals surface area contributed by atoms with Crippen molar-refractivity contribution in [3.63, 3.8) is 0 Å². The second-order valence-corrected chi connectivity index (χ2v) is 2.26. The van der Waals surface area contributed by atoms with Gasteiger partial charge >= 0.3 is 18.9 Å². The predicted octanol–water partition coefficient (Wildman–Crippen LogP) is -2.30. The minimum absolute atomic E-state index is 0. The van der Waals surface area contributed by atoms with E-state index in [1.807, 2.05) is 0 Å². The fourth-order valence-corrected chi connectivity index (χ4v) is 0.489. The van der Waals surface area contributed by atoms with Crippen molar-refractivity contribution in [2.75, 3.05) is 0 Å².